The Bertz CT molecular complexity index is 471. The summed E-state index contributed by atoms with van der Waals surface area (Å²) in [5.74, 6) is 0.156. The van der Waals surface area contributed by atoms with Gasteiger partial charge >= 0.3 is 0 Å². The van der Waals surface area contributed by atoms with Gasteiger partial charge in [-0.1, -0.05) is 43.2 Å². The van der Waals surface area contributed by atoms with Gasteiger partial charge < -0.3 is 9.64 Å². The highest BCUT2D eigenvalue weighted by Crippen LogP contribution is 2.24. The molecule has 1 aliphatic heterocycles. The van der Waals surface area contributed by atoms with Crippen LogP contribution in [0.4, 0.5) is 0 Å². The largest absolute Gasteiger partial charge is 0.376 e. The van der Waals surface area contributed by atoms with Crippen molar-refractivity contribution >= 4 is 5.91 Å². The van der Waals surface area contributed by atoms with Crippen LogP contribution in [0.15, 0.2) is 30.3 Å². The van der Waals surface area contributed by atoms with Gasteiger partial charge in [0.05, 0.1) is 18.9 Å². The predicted octanol–water partition coefficient (Wildman–Crippen LogP) is 2.46. The maximum atomic E-state index is 12.6. The van der Waals surface area contributed by atoms with E-state index in [1.165, 1.54) is 25.7 Å². The number of ether oxygens (including phenoxy) is 1. The van der Waals surface area contributed by atoms with Crippen molar-refractivity contribution in [3.8, 4) is 0 Å². The second-order valence-corrected chi connectivity index (χ2v) is 6.00. The third kappa shape index (κ3) is 3.27. The molecule has 3 rings (SSSR count). The van der Waals surface area contributed by atoms with E-state index in [-0.39, 0.29) is 18.1 Å². The molecule has 2 unspecified atom stereocenters. The van der Waals surface area contributed by atoms with Crippen molar-refractivity contribution in [1.82, 2.24) is 10.2 Å². The number of rotatable bonds is 5. The average molecular weight is 288 g/mol. The van der Waals surface area contributed by atoms with Crippen LogP contribution in [0.2, 0.25) is 0 Å². The van der Waals surface area contributed by atoms with Crippen molar-refractivity contribution in [1.29, 1.82) is 0 Å². The van der Waals surface area contributed by atoms with E-state index in [4.69, 9.17) is 4.74 Å². The highest BCUT2D eigenvalue weighted by molar-refractivity contribution is 5.85. The molecule has 1 aliphatic carbocycles. The van der Waals surface area contributed by atoms with Crippen LogP contribution >= 0.6 is 0 Å². The minimum atomic E-state index is -0.215. The highest BCUT2D eigenvalue weighted by Gasteiger charge is 2.36. The van der Waals surface area contributed by atoms with E-state index in [0.29, 0.717) is 19.3 Å². The average Bonchev–Trinajstić information content (AvgIpc) is 3.11. The SMILES string of the molecule is CC1NC(c2ccccc2)C(=O)N1CCOC1CCCC1. The highest BCUT2D eigenvalue weighted by atomic mass is 16.5. The lowest BCUT2D eigenvalue weighted by molar-refractivity contribution is -0.131. The Labute approximate surface area is 126 Å². The molecule has 2 fully saturated rings. The van der Waals surface area contributed by atoms with Gasteiger partial charge in [0, 0.05) is 6.54 Å². The van der Waals surface area contributed by atoms with Crippen molar-refractivity contribution in [3.63, 3.8) is 0 Å². The van der Waals surface area contributed by atoms with Crippen LogP contribution in [0, 0.1) is 0 Å². The summed E-state index contributed by atoms with van der Waals surface area (Å²) in [6.45, 7) is 3.35. The van der Waals surface area contributed by atoms with E-state index in [2.05, 4.69) is 5.32 Å². The quantitative estimate of drug-likeness (QED) is 0.905. The molecule has 1 saturated carbocycles. The summed E-state index contributed by atoms with van der Waals surface area (Å²) in [5.41, 5.74) is 1.04. The first-order chi connectivity index (χ1) is 10.3. The van der Waals surface area contributed by atoms with Crippen molar-refractivity contribution in [2.75, 3.05) is 13.2 Å². The topological polar surface area (TPSA) is 41.6 Å². The van der Waals surface area contributed by atoms with Gasteiger partial charge in [0.25, 0.3) is 0 Å². The van der Waals surface area contributed by atoms with Crippen LogP contribution < -0.4 is 5.32 Å². The van der Waals surface area contributed by atoms with Crippen molar-refractivity contribution in [2.24, 2.45) is 0 Å². The molecule has 1 saturated heterocycles. The number of benzene rings is 1. The standard InChI is InChI=1S/C17H24N2O2/c1-13-18-16(14-7-3-2-4-8-14)17(20)19(13)11-12-21-15-9-5-6-10-15/h2-4,7-8,13,15-16,18H,5-6,9-12H2,1H3. The van der Waals surface area contributed by atoms with Crippen LogP contribution in [-0.2, 0) is 9.53 Å². The third-order valence-corrected chi connectivity index (χ3v) is 4.53. The molecule has 1 heterocycles. The van der Waals surface area contributed by atoms with Gasteiger partial charge in [0.2, 0.25) is 5.91 Å². The van der Waals surface area contributed by atoms with E-state index < -0.39 is 0 Å². The Morgan fingerprint density at radius 1 is 1.24 bits per heavy atom. The van der Waals surface area contributed by atoms with E-state index in [9.17, 15) is 4.79 Å². The van der Waals surface area contributed by atoms with Gasteiger partial charge in [-0.15, -0.1) is 0 Å². The zero-order valence-corrected chi connectivity index (χ0v) is 12.6. The Kier molecular flexibility index (Phi) is 4.56. The van der Waals surface area contributed by atoms with Crippen LogP contribution in [0.3, 0.4) is 0 Å². The monoisotopic (exact) mass is 288 g/mol. The Morgan fingerprint density at radius 2 is 1.95 bits per heavy atom. The summed E-state index contributed by atoms with van der Waals surface area (Å²) in [7, 11) is 0. The number of nitrogens with zero attached hydrogens (tertiary/aromatic N) is 1. The van der Waals surface area contributed by atoms with E-state index in [1.54, 1.807) is 0 Å². The normalized spacial score (nSPS) is 26.7. The summed E-state index contributed by atoms with van der Waals surface area (Å²) in [6.07, 6.45) is 5.39. The first kappa shape index (κ1) is 14.5. The van der Waals surface area contributed by atoms with Crippen LogP contribution in [0.25, 0.3) is 0 Å². The summed E-state index contributed by atoms with van der Waals surface area (Å²) < 4.78 is 5.88. The van der Waals surface area contributed by atoms with Crippen LogP contribution in [-0.4, -0.2) is 36.2 Å². The maximum absolute atomic E-state index is 12.6. The summed E-state index contributed by atoms with van der Waals surface area (Å²) in [5, 5.41) is 3.37. The van der Waals surface area contributed by atoms with Crippen LogP contribution in [0.5, 0.6) is 0 Å². The molecule has 2 aliphatic rings. The van der Waals surface area contributed by atoms with Gasteiger partial charge in [-0.05, 0) is 25.3 Å². The smallest absolute Gasteiger partial charge is 0.245 e. The summed E-state index contributed by atoms with van der Waals surface area (Å²) >= 11 is 0. The van der Waals surface area contributed by atoms with E-state index in [1.807, 2.05) is 42.2 Å². The van der Waals surface area contributed by atoms with E-state index in [0.717, 1.165) is 5.56 Å². The lowest BCUT2D eigenvalue weighted by atomic mass is 10.1. The zero-order chi connectivity index (χ0) is 14.7. The molecule has 1 aromatic carbocycles. The molecule has 0 bridgehead atoms. The Balaban J connectivity index is 1.55. The molecule has 21 heavy (non-hydrogen) atoms. The fraction of sp³-hybridized carbons (Fsp3) is 0.588. The number of hydrogen-bond donors (Lipinski definition) is 1. The van der Waals surface area contributed by atoms with Gasteiger partial charge in [-0.25, -0.2) is 0 Å². The molecule has 0 aromatic heterocycles. The van der Waals surface area contributed by atoms with Gasteiger partial charge in [0.15, 0.2) is 0 Å². The first-order valence-electron chi connectivity index (χ1n) is 7.99. The number of hydrogen-bond acceptors (Lipinski definition) is 3. The predicted molar refractivity (Wildman–Crippen MR) is 81.7 cm³/mol. The summed E-state index contributed by atoms with van der Waals surface area (Å²) in [6, 6.07) is 9.70. The molecular formula is C17H24N2O2. The number of carbonyl (C=O) groups excluding carboxylic acids is 1. The fourth-order valence-electron chi connectivity index (χ4n) is 3.32. The lowest BCUT2D eigenvalue weighted by Gasteiger charge is -2.21. The molecule has 1 aromatic rings. The molecular weight excluding hydrogens is 264 g/mol. The van der Waals surface area contributed by atoms with Gasteiger partial charge in [0.1, 0.15) is 6.04 Å². The Morgan fingerprint density at radius 3 is 2.67 bits per heavy atom. The molecule has 4 nitrogen and oxygen atoms in total. The molecule has 0 radical (unpaired) electrons. The molecule has 1 amide bonds. The molecule has 1 N–H and O–H groups in total. The number of amides is 1. The lowest BCUT2D eigenvalue weighted by Crippen LogP contribution is -2.37. The molecule has 4 heteroatoms. The maximum Gasteiger partial charge on any atom is 0.245 e. The van der Waals surface area contributed by atoms with Gasteiger partial charge in [-0.2, -0.15) is 0 Å². The number of nitrogens with one attached hydrogen (secondary N) is 1. The second-order valence-electron chi connectivity index (χ2n) is 6.00. The second kappa shape index (κ2) is 6.58. The van der Waals surface area contributed by atoms with Crippen molar-refractivity contribution in [2.45, 2.75) is 50.9 Å². The van der Waals surface area contributed by atoms with Crippen molar-refractivity contribution in [3.05, 3.63) is 35.9 Å². The van der Waals surface area contributed by atoms with Gasteiger partial charge in [-0.3, -0.25) is 10.1 Å². The first-order valence-corrected chi connectivity index (χ1v) is 7.99. The van der Waals surface area contributed by atoms with Crippen LogP contribution in [0.1, 0.15) is 44.2 Å². The summed E-state index contributed by atoms with van der Waals surface area (Å²) in [4.78, 5) is 14.4. The molecule has 0 spiro atoms. The van der Waals surface area contributed by atoms with Crippen molar-refractivity contribution < 1.29 is 9.53 Å². The minimum absolute atomic E-state index is 0.0647. The third-order valence-electron chi connectivity index (χ3n) is 4.53. The molecule has 114 valence electrons. The zero-order valence-electron chi connectivity index (χ0n) is 12.6. The van der Waals surface area contributed by atoms with E-state index >= 15 is 0 Å². The number of carbonyl (C=O) groups is 1. The minimum Gasteiger partial charge on any atom is -0.376 e. The Hall–Kier alpha value is -1.39. The fourth-order valence-corrected chi connectivity index (χ4v) is 3.32. The molecule has 2 atom stereocenters.